The average Bonchev–Trinajstić information content (AvgIpc) is 3.07. The highest BCUT2D eigenvalue weighted by atomic mass is 16.5. The van der Waals surface area contributed by atoms with E-state index in [-0.39, 0.29) is 0 Å². The molecule has 2 saturated carbocycles. The van der Waals surface area contributed by atoms with Gasteiger partial charge in [0.15, 0.2) is 5.82 Å². The molecule has 1 heterocycles. The molecule has 0 aromatic carbocycles. The van der Waals surface area contributed by atoms with Gasteiger partial charge < -0.3 is 10.3 Å². The second kappa shape index (κ2) is 4.17. The van der Waals surface area contributed by atoms with Crippen LogP contribution < -0.4 is 5.73 Å². The van der Waals surface area contributed by atoms with E-state index in [1.54, 1.807) is 0 Å². The summed E-state index contributed by atoms with van der Waals surface area (Å²) in [7, 11) is 0. The fourth-order valence-electron chi connectivity index (χ4n) is 2.72. The fourth-order valence-corrected chi connectivity index (χ4v) is 2.72. The van der Waals surface area contributed by atoms with Crippen molar-refractivity contribution in [2.75, 3.05) is 6.54 Å². The Labute approximate surface area is 95.6 Å². The number of hydrogen-bond donors (Lipinski definition) is 1. The Hall–Kier alpha value is -0.900. The van der Waals surface area contributed by atoms with Crippen molar-refractivity contribution in [1.82, 2.24) is 10.1 Å². The molecule has 16 heavy (non-hydrogen) atoms. The minimum absolute atomic E-state index is 0.416. The van der Waals surface area contributed by atoms with E-state index >= 15 is 0 Å². The van der Waals surface area contributed by atoms with Crippen LogP contribution in [0.2, 0.25) is 0 Å². The van der Waals surface area contributed by atoms with Crippen molar-refractivity contribution in [3.63, 3.8) is 0 Å². The zero-order valence-electron chi connectivity index (χ0n) is 9.56. The Morgan fingerprint density at radius 3 is 2.75 bits per heavy atom. The third-order valence-corrected chi connectivity index (χ3v) is 3.93. The van der Waals surface area contributed by atoms with Crippen molar-refractivity contribution < 1.29 is 4.52 Å². The van der Waals surface area contributed by atoms with Crippen LogP contribution in [0.3, 0.4) is 0 Å². The van der Waals surface area contributed by atoms with Gasteiger partial charge in [-0.2, -0.15) is 4.98 Å². The highest BCUT2D eigenvalue weighted by Gasteiger charge is 2.33. The molecule has 2 unspecified atom stereocenters. The van der Waals surface area contributed by atoms with Crippen molar-refractivity contribution in [3.8, 4) is 0 Å². The second-order valence-electron chi connectivity index (χ2n) is 5.15. The van der Waals surface area contributed by atoms with Crippen LogP contribution in [0.5, 0.6) is 0 Å². The van der Waals surface area contributed by atoms with Gasteiger partial charge in [-0.3, -0.25) is 0 Å². The molecule has 0 bridgehead atoms. The number of aromatic nitrogens is 2. The van der Waals surface area contributed by atoms with Crippen molar-refractivity contribution in [3.05, 3.63) is 11.7 Å². The van der Waals surface area contributed by atoms with E-state index in [9.17, 15) is 0 Å². The minimum atomic E-state index is 0.416. The molecular weight excluding hydrogens is 202 g/mol. The number of nitrogens with two attached hydrogens (primary N) is 1. The van der Waals surface area contributed by atoms with E-state index in [1.807, 2.05) is 0 Å². The quantitative estimate of drug-likeness (QED) is 0.849. The van der Waals surface area contributed by atoms with Gasteiger partial charge in [0.1, 0.15) is 0 Å². The maximum atomic E-state index is 5.82. The van der Waals surface area contributed by atoms with Gasteiger partial charge in [-0.1, -0.05) is 18.0 Å². The van der Waals surface area contributed by atoms with Crippen LogP contribution in [0.1, 0.15) is 62.1 Å². The highest BCUT2D eigenvalue weighted by Crippen LogP contribution is 2.41. The maximum absolute atomic E-state index is 5.82. The van der Waals surface area contributed by atoms with E-state index in [0.717, 1.165) is 24.7 Å². The van der Waals surface area contributed by atoms with Gasteiger partial charge in [-0.05, 0) is 38.1 Å². The molecule has 0 aliphatic heterocycles. The number of hydrogen-bond acceptors (Lipinski definition) is 4. The lowest BCUT2D eigenvalue weighted by atomic mass is 9.79. The summed E-state index contributed by atoms with van der Waals surface area (Å²) in [6.45, 7) is 0.742. The lowest BCUT2D eigenvalue weighted by Crippen LogP contribution is -2.25. The number of nitrogens with zero attached hydrogens (tertiary/aromatic N) is 2. The van der Waals surface area contributed by atoms with Crippen LogP contribution in [-0.2, 0) is 0 Å². The molecule has 2 atom stereocenters. The predicted octanol–water partition coefficient (Wildman–Crippen LogP) is 2.18. The molecule has 2 fully saturated rings. The van der Waals surface area contributed by atoms with E-state index in [0.29, 0.717) is 17.8 Å². The van der Waals surface area contributed by atoms with Crippen molar-refractivity contribution in [2.45, 2.75) is 50.4 Å². The molecule has 0 saturated heterocycles. The Balaban J connectivity index is 1.77. The summed E-state index contributed by atoms with van der Waals surface area (Å²) in [5, 5.41) is 4.10. The van der Waals surface area contributed by atoms with Crippen LogP contribution in [0.4, 0.5) is 0 Å². The molecule has 1 aromatic heterocycles. The van der Waals surface area contributed by atoms with Crippen LogP contribution in [0.25, 0.3) is 0 Å². The highest BCUT2D eigenvalue weighted by molar-refractivity contribution is 5.06. The normalized spacial score (nSPS) is 30.6. The fraction of sp³-hybridized carbons (Fsp3) is 0.833. The topological polar surface area (TPSA) is 64.9 Å². The van der Waals surface area contributed by atoms with E-state index in [1.165, 1.54) is 32.1 Å². The zero-order chi connectivity index (χ0) is 11.0. The molecule has 4 nitrogen and oxygen atoms in total. The molecule has 1 aromatic rings. The first-order valence-corrected chi connectivity index (χ1v) is 6.42. The van der Waals surface area contributed by atoms with Crippen LogP contribution in [0.15, 0.2) is 4.52 Å². The number of rotatable bonds is 3. The van der Waals surface area contributed by atoms with Gasteiger partial charge in [-0.25, -0.2) is 0 Å². The van der Waals surface area contributed by atoms with Crippen LogP contribution in [0, 0.1) is 5.92 Å². The molecular formula is C12H19N3O. The van der Waals surface area contributed by atoms with Crippen LogP contribution >= 0.6 is 0 Å². The summed E-state index contributed by atoms with van der Waals surface area (Å²) >= 11 is 0. The van der Waals surface area contributed by atoms with E-state index in [2.05, 4.69) is 10.1 Å². The van der Waals surface area contributed by atoms with Crippen molar-refractivity contribution in [1.29, 1.82) is 0 Å². The molecule has 0 amide bonds. The molecule has 2 aliphatic rings. The molecule has 88 valence electrons. The summed E-state index contributed by atoms with van der Waals surface area (Å²) in [5.41, 5.74) is 5.82. The lowest BCUT2D eigenvalue weighted by Gasteiger charge is -2.27. The van der Waals surface area contributed by atoms with Gasteiger partial charge in [-0.15, -0.1) is 0 Å². The molecule has 4 heteroatoms. The Morgan fingerprint density at radius 2 is 2.00 bits per heavy atom. The van der Waals surface area contributed by atoms with Crippen molar-refractivity contribution in [2.24, 2.45) is 11.7 Å². The summed E-state index contributed by atoms with van der Waals surface area (Å²) in [6.07, 6.45) is 7.38. The van der Waals surface area contributed by atoms with E-state index < -0.39 is 0 Å². The predicted molar refractivity (Wildman–Crippen MR) is 60.0 cm³/mol. The van der Waals surface area contributed by atoms with Gasteiger partial charge in [0.25, 0.3) is 0 Å². The molecule has 3 rings (SSSR count). The standard InChI is InChI=1S/C12H19N3O/c13-7-9-3-1-2-4-10(9)12-14-11(15-16-12)8-5-6-8/h8-10H,1-7,13H2. The van der Waals surface area contributed by atoms with Gasteiger partial charge in [0.2, 0.25) is 5.89 Å². The summed E-state index contributed by atoms with van der Waals surface area (Å²) in [4.78, 5) is 4.56. The summed E-state index contributed by atoms with van der Waals surface area (Å²) < 4.78 is 5.42. The summed E-state index contributed by atoms with van der Waals surface area (Å²) in [5.74, 6) is 3.31. The first-order chi connectivity index (χ1) is 7.88. The Morgan fingerprint density at radius 1 is 1.19 bits per heavy atom. The Bertz CT molecular complexity index is 359. The second-order valence-corrected chi connectivity index (χ2v) is 5.15. The average molecular weight is 221 g/mol. The Kier molecular flexibility index (Phi) is 2.67. The molecule has 2 N–H and O–H groups in total. The van der Waals surface area contributed by atoms with Gasteiger partial charge >= 0.3 is 0 Å². The third-order valence-electron chi connectivity index (χ3n) is 3.93. The van der Waals surface area contributed by atoms with Crippen molar-refractivity contribution >= 4 is 0 Å². The third kappa shape index (κ3) is 1.86. The van der Waals surface area contributed by atoms with E-state index in [4.69, 9.17) is 10.3 Å². The lowest BCUT2D eigenvalue weighted by molar-refractivity contribution is 0.249. The zero-order valence-corrected chi connectivity index (χ0v) is 9.56. The van der Waals surface area contributed by atoms with Gasteiger partial charge in [0, 0.05) is 11.8 Å². The molecule has 0 spiro atoms. The summed E-state index contributed by atoms with van der Waals surface area (Å²) in [6, 6.07) is 0. The minimum Gasteiger partial charge on any atom is -0.339 e. The largest absolute Gasteiger partial charge is 0.339 e. The smallest absolute Gasteiger partial charge is 0.230 e. The van der Waals surface area contributed by atoms with Crippen LogP contribution in [-0.4, -0.2) is 16.7 Å². The first kappa shape index (κ1) is 10.3. The molecule has 2 aliphatic carbocycles. The maximum Gasteiger partial charge on any atom is 0.230 e. The molecule has 0 radical (unpaired) electrons. The SMILES string of the molecule is NCC1CCCCC1c1nc(C2CC2)no1. The monoisotopic (exact) mass is 221 g/mol. The van der Waals surface area contributed by atoms with Gasteiger partial charge in [0.05, 0.1) is 0 Å². The first-order valence-electron chi connectivity index (χ1n) is 6.42.